The number of hydrogen-bond donors (Lipinski definition) is 5. The molecule has 1 rings (SSSR count). The largest absolute Gasteiger partial charge is 0.395 e. The van der Waals surface area contributed by atoms with Crippen LogP contribution >= 0.6 is 0 Å². The zero-order valence-electron chi connectivity index (χ0n) is 8.92. The second-order valence-corrected chi connectivity index (χ2v) is 3.40. The van der Waals surface area contributed by atoms with Gasteiger partial charge in [-0.1, -0.05) is 0 Å². The molecule has 1 aliphatic rings. The molecule has 0 aromatic heterocycles. The second kappa shape index (κ2) is 4.70. The van der Waals surface area contributed by atoms with E-state index in [1.807, 2.05) is 0 Å². The first-order chi connectivity index (χ1) is 6.97. The number of aliphatic hydroxyl groups excluding tert-OH is 3. The quantitative estimate of drug-likeness (QED) is 0.334. The minimum Gasteiger partial charge on any atom is -0.395 e. The summed E-state index contributed by atoms with van der Waals surface area (Å²) in [7, 11) is 0. The zero-order chi connectivity index (χ0) is 11.6. The summed E-state index contributed by atoms with van der Waals surface area (Å²) in [6, 6.07) is -1.50. The predicted octanol–water partition coefficient (Wildman–Crippen LogP) is -2.82. The standard InChI is InChI=1S/C8H16N2O4/c1-4(12)10-5-2-9-6(3-11)8(14)7(5)13/h5-9,11,13-14H,2-3H2,1H3,(H,10,12)/t5-,6+,7+,8+/m0/s1/i/hD. The summed E-state index contributed by atoms with van der Waals surface area (Å²) in [4.78, 5) is 10.8. The van der Waals surface area contributed by atoms with Crippen LogP contribution in [0.1, 0.15) is 6.92 Å². The maximum absolute atomic E-state index is 10.8. The third kappa shape index (κ3) is 2.42. The molecule has 1 fully saturated rings. The van der Waals surface area contributed by atoms with Crippen molar-refractivity contribution in [3.63, 3.8) is 0 Å². The molecule has 0 spiro atoms. The Morgan fingerprint density at radius 2 is 2.29 bits per heavy atom. The van der Waals surface area contributed by atoms with Crippen molar-refractivity contribution in [2.45, 2.75) is 31.2 Å². The molecule has 0 aromatic carbocycles. The normalized spacial score (nSPS) is 40.4. The van der Waals surface area contributed by atoms with Gasteiger partial charge in [0.2, 0.25) is 5.91 Å². The molecule has 82 valence electrons. The molecule has 1 heterocycles. The third-order valence-electron chi connectivity index (χ3n) is 2.27. The molecule has 0 aliphatic carbocycles. The van der Waals surface area contributed by atoms with Crippen LogP contribution in [0.2, 0.25) is 1.41 Å². The van der Waals surface area contributed by atoms with Crippen molar-refractivity contribution in [1.82, 2.24) is 10.6 Å². The number of aliphatic hydroxyl groups is 3. The van der Waals surface area contributed by atoms with Crippen LogP contribution in [-0.4, -0.2) is 58.7 Å². The molecule has 0 aromatic rings. The molecule has 0 bridgehead atoms. The molecule has 1 saturated heterocycles. The maximum Gasteiger partial charge on any atom is 0.217 e. The van der Waals surface area contributed by atoms with Crippen LogP contribution in [0.3, 0.4) is 0 Å². The number of piperidine rings is 1. The van der Waals surface area contributed by atoms with E-state index in [1.165, 1.54) is 6.92 Å². The van der Waals surface area contributed by atoms with Crippen LogP contribution in [-0.2, 0) is 4.79 Å². The Labute approximate surface area is 83.4 Å². The smallest absolute Gasteiger partial charge is 0.217 e. The molecular weight excluding hydrogens is 188 g/mol. The van der Waals surface area contributed by atoms with Gasteiger partial charge in [-0.05, 0) is 0 Å². The molecule has 6 heteroatoms. The molecule has 0 radical (unpaired) electrons. The fourth-order valence-corrected chi connectivity index (χ4v) is 1.49. The molecule has 1 amide bonds. The van der Waals surface area contributed by atoms with Gasteiger partial charge in [0.25, 0.3) is 0 Å². The lowest BCUT2D eigenvalue weighted by Gasteiger charge is -2.37. The van der Waals surface area contributed by atoms with Gasteiger partial charge in [0.15, 0.2) is 0 Å². The van der Waals surface area contributed by atoms with E-state index in [1.54, 1.807) is 0 Å². The summed E-state index contributed by atoms with van der Waals surface area (Å²) in [5.41, 5.74) is 0. The van der Waals surface area contributed by atoms with Gasteiger partial charge in [0.05, 0.1) is 24.8 Å². The lowest BCUT2D eigenvalue weighted by Crippen LogP contribution is -2.65. The van der Waals surface area contributed by atoms with E-state index >= 15 is 0 Å². The van der Waals surface area contributed by atoms with Gasteiger partial charge in [-0.25, -0.2) is 0 Å². The van der Waals surface area contributed by atoms with Crippen LogP contribution in [0.15, 0.2) is 0 Å². The highest BCUT2D eigenvalue weighted by molar-refractivity contribution is 5.73. The SMILES string of the molecule is [2H]N1C[C@H](NC(C)=O)[C@@H](O)[C@H](O)[C@H]1CO. The number of hydrogen-bond acceptors (Lipinski definition) is 5. The Morgan fingerprint density at radius 3 is 2.79 bits per heavy atom. The van der Waals surface area contributed by atoms with Gasteiger partial charge >= 0.3 is 0 Å². The summed E-state index contributed by atoms with van der Waals surface area (Å²) in [5, 5.41) is 31.5. The lowest BCUT2D eigenvalue weighted by atomic mass is 9.94. The van der Waals surface area contributed by atoms with Crippen LogP contribution in [0.4, 0.5) is 0 Å². The highest BCUT2D eigenvalue weighted by Crippen LogP contribution is 2.10. The number of amides is 1. The molecule has 0 unspecified atom stereocenters. The van der Waals surface area contributed by atoms with Gasteiger partial charge in [0, 0.05) is 13.5 Å². The topological polar surface area (TPSA) is 102 Å². The maximum atomic E-state index is 10.8. The van der Waals surface area contributed by atoms with Crippen molar-refractivity contribution in [2.75, 3.05) is 13.2 Å². The molecule has 14 heavy (non-hydrogen) atoms. The van der Waals surface area contributed by atoms with Crippen molar-refractivity contribution in [2.24, 2.45) is 0 Å². The van der Waals surface area contributed by atoms with Gasteiger partial charge in [-0.3, -0.25) is 4.79 Å². The van der Waals surface area contributed by atoms with Gasteiger partial charge in [-0.2, -0.15) is 0 Å². The van der Waals surface area contributed by atoms with Crippen molar-refractivity contribution in [3.05, 3.63) is 0 Å². The van der Waals surface area contributed by atoms with Crippen LogP contribution in [0, 0.1) is 0 Å². The van der Waals surface area contributed by atoms with Crippen molar-refractivity contribution in [3.8, 4) is 0 Å². The van der Waals surface area contributed by atoms with E-state index in [0.717, 1.165) is 5.31 Å². The van der Waals surface area contributed by atoms with Crippen molar-refractivity contribution in [1.29, 1.82) is 0 Å². The number of rotatable bonds is 2. The Morgan fingerprint density at radius 1 is 1.64 bits per heavy atom. The molecule has 0 saturated carbocycles. The van der Waals surface area contributed by atoms with E-state index in [-0.39, 0.29) is 12.5 Å². The lowest BCUT2D eigenvalue weighted by molar-refractivity contribution is -0.122. The molecule has 5 N–H and O–H groups in total. The first-order valence-corrected chi connectivity index (χ1v) is 4.47. The highest BCUT2D eigenvalue weighted by Gasteiger charge is 2.36. The molecule has 4 atom stereocenters. The third-order valence-corrected chi connectivity index (χ3v) is 2.27. The Balaban J connectivity index is 2.68. The number of nitrogens with one attached hydrogen (secondary N) is 2. The number of carbonyl (C=O) groups excluding carboxylic acids is 1. The van der Waals surface area contributed by atoms with Gasteiger partial charge in [0.1, 0.15) is 7.52 Å². The van der Waals surface area contributed by atoms with E-state index < -0.39 is 30.9 Å². The monoisotopic (exact) mass is 205 g/mol. The Kier molecular flexibility index (Phi) is 3.30. The average Bonchev–Trinajstić information content (AvgIpc) is 2.14. The van der Waals surface area contributed by atoms with Crippen molar-refractivity contribution < 1.29 is 21.5 Å². The van der Waals surface area contributed by atoms with Gasteiger partial charge in [-0.15, -0.1) is 0 Å². The van der Waals surface area contributed by atoms with Crippen molar-refractivity contribution >= 4 is 5.91 Å². The summed E-state index contributed by atoms with van der Waals surface area (Å²) in [6.07, 6.45) is -2.40. The van der Waals surface area contributed by atoms with E-state index in [4.69, 9.17) is 6.52 Å². The minimum atomic E-state index is -1.24. The molecule has 1 aliphatic heterocycles. The first kappa shape index (κ1) is 9.85. The fraction of sp³-hybridized carbons (Fsp3) is 0.875. The Bertz CT molecular complexity index is 241. The van der Waals surface area contributed by atoms with Crippen LogP contribution < -0.4 is 10.6 Å². The van der Waals surface area contributed by atoms with E-state index in [9.17, 15) is 15.0 Å². The van der Waals surface area contributed by atoms with Crippen LogP contribution in [0.25, 0.3) is 0 Å². The van der Waals surface area contributed by atoms with Crippen LogP contribution in [0.5, 0.6) is 0 Å². The summed E-state index contributed by atoms with van der Waals surface area (Å²) in [6.45, 7) is 0.961. The fourth-order valence-electron chi connectivity index (χ4n) is 1.49. The summed E-state index contributed by atoms with van der Waals surface area (Å²) in [5.74, 6) is -0.331. The predicted molar refractivity (Wildman–Crippen MR) is 48.5 cm³/mol. The number of carbonyl (C=O) groups is 1. The first-order valence-electron chi connectivity index (χ1n) is 4.91. The van der Waals surface area contributed by atoms with E-state index in [2.05, 4.69) is 5.32 Å². The highest BCUT2D eigenvalue weighted by atomic mass is 16.3. The van der Waals surface area contributed by atoms with Gasteiger partial charge < -0.3 is 25.9 Å². The summed E-state index contributed by atoms with van der Waals surface area (Å²) < 4.78 is 7.48. The zero-order valence-corrected chi connectivity index (χ0v) is 7.92. The van der Waals surface area contributed by atoms with E-state index in [0.29, 0.717) is 0 Å². The summed E-state index contributed by atoms with van der Waals surface area (Å²) >= 11 is 0. The molecular formula is C8H16N2O4. The minimum absolute atomic E-state index is 0.0725. The average molecular weight is 205 g/mol. The Hall–Kier alpha value is -0.690. The second-order valence-electron chi connectivity index (χ2n) is 3.40. The molecule has 6 nitrogen and oxygen atoms in total.